The van der Waals surface area contributed by atoms with Crippen LogP contribution in [-0.4, -0.2) is 0 Å². The van der Waals surface area contributed by atoms with Crippen molar-refractivity contribution in [2.45, 2.75) is 0 Å². The summed E-state index contributed by atoms with van der Waals surface area (Å²) in [6.45, 7) is 0. The van der Waals surface area contributed by atoms with E-state index in [1.165, 1.54) is 0 Å². The zero-order valence-corrected chi connectivity index (χ0v) is 10.5. The summed E-state index contributed by atoms with van der Waals surface area (Å²) in [5.41, 5.74) is 0. The van der Waals surface area contributed by atoms with E-state index >= 15 is 0 Å². The Hall–Kier alpha value is 1.61. The van der Waals surface area contributed by atoms with Crippen molar-refractivity contribution in [2.75, 3.05) is 0 Å². The molecule has 0 amide bonds. The van der Waals surface area contributed by atoms with Crippen LogP contribution in [0.25, 0.3) is 0 Å². The minimum absolute atomic E-state index is 0. The van der Waals surface area contributed by atoms with Gasteiger partial charge < -0.3 is 41.9 Å². The Kier molecular flexibility index (Phi) is 35.6. The molecule has 0 aliphatic heterocycles. The fourth-order valence-electron chi connectivity index (χ4n) is 0. The fraction of sp³-hybridized carbons (Fsp3) is 0. The second-order valence-electron chi connectivity index (χ2n) is 0.567. The maximum Gasteiger partial charge on any atom is 3.00 e. The Labute approximate surface area is 106 Å². The minimum atomic E-state index is -2.85. The van der Waals surface area contributed by atoms with Crippen LogP contribution in [0.4, 0.5) is 0 Å². The van der Waals surface area contributed by atoms with E-state index < -0.39 is 32.4 Å². The summed E-state index contributed by atoms with van der Waals surface area (Å²) in [6.07, 6.45) is 0. The molecule has 0 rings (SSSR count). The Morgan fingerprint density at radius 2 is 0.385 bits per heavy atom. The summed E-state index contributed by atoms with van der Waals surface area (Å²) >= 11 is 0. The molecular weight excluding hydrogens is 339 g/mol. The average molecular weight is 339 g/mol. The molecule has 9 nitrogen and oxygen atoms in total. The Morgan fingerprint density at radius 1 is 0.385 bits per heavy atom. The van der Waals surface area contributed by atoms with Crippen LogP contribution in [0, 0.1) is 32.4 Å². The molecule has 13 heavy (non-hydrogen) atoms. The van der Waals surface area contributed by atoms with Crippen LogP contribution >= 0.6 is 0 Å². The molecule has 78 valence electrons. The second kappa shape index (κ2) is 19.2. The van der Waals surface area contributed by atoms with Crippen LogP contribution in [0.5, 0.6) is 0 Å². The predicted octanol–water partition coefficient (Wildman–Crippen LogP) is -10.7. The smallest absolute Gasteiger partial charge is 0.357 e. The van der Waals surface area contributed by atoms with Crippen molar-refractivity contribution in [2.24, 2.45) is 0 Å². The van der Waals surface area contributed by atoms with Crippen molar-refractivity contribution in [1.29, 1.82) is 0 Å². The first-order chi connectivity index (χ1) is 5.20. The van der Waals surface area contributed by atoms with Gasteiger partial charge in [0.05, 0.1) is 32.4 Å². The van der Waals surface area contributed by atoms with Crippen LogP contribution in [0.3, 0.4) is 0 Å². The number of halogens is 3. The molecule has 0 saturated heterocycles. The van der Waals surface area contributed by atoms with Gasteiger partial charge in [0.1, 0.15) is 0 Å². The van der Waals surface area contributed by atoms with Gasteiger partial charge in [0, 0.05) is 0 Å². The number of hydrogen-bond donors (Lipinski definition) is 0. The summed E-state index contributed by atoms with van der Waals surface area (Å²) in [6, 6.07) is 0. The zero-order valence-electron chi connectivity index (χ0n) is 5.39. The van der Waals surface area contributed by atoms with E-state index in [2.05, 4.69) is 0 Å². The summed E-state index contributed by atoms with van der Waals surface area (Å²) in [7, 11) is -8.56. The Morgan fingerprint density at radius 3 is 0.385 bits per heavy atom. The van der Waals surface area contributed by atoms with E-state index in [1.807, 2.05) is 0 Å². The van der Waals surface area contributed by atoms with Gasteiger partial charge in [0.25, 0.3) is 0 Å². The van der Waals surface area contributed by atoms with E-state index in [4.69, 9.17) is 41.9 Å². The van der Waals surface area contributed by atoms with E-state index in [0.29, 0.717) is 0 Å². The third-order valence-electron chi connectivity index (χ3n) is 0. The maximum absolute atomic E-state index is 8.41. The number of hydrogen-bond acceptors (Lipinski definition) is 9. The summed E-state index contributed by atoms with van der Waals surface area (Å²) in [4.78, 5) is 0. The van der Waals surface area contributed by atoms with E-state index in [9.17, 15) is 0 Å². The molecule has 0 radical (unpaired) electrons. The Bertz CT molecular complexity index is 43.4. The first kappa shape index (κ1) is 24.0. The van der Waals surface area contributed by atoms with Gasteiger partial charge in [-0.1, -0.05) is 0 Å². The molecule has 0 aliphatic carbocycles. The molecule has 0 bridgehead atoms. The molecule has 0 saturated carbocycles. The standard InChI is InChI=1S/3ClO3.Y/c3*2-1(3)4;/q3*-1;+3. The first-order valence-corrected chi connectivity index (χ1v) is 4.17. The molecule has 0 fully saturated rings. The van der Waals surface area contributed by atoms with Crippen molar-refractivity contribution in [3.63, 3.8) is 0 Å². The van der Waals surface area contributed by atoms with Gasteiger partial charge in [-0.15, -0.1) is 0 Å². The largest absolute Gasteiger partial charge is 3.00 e. The quantitative estimate of drug-likeness (QED) is 0.409. The molecule has 0 aliphatic rings. The average Bonchev–Trinajstić information content (AvgIpc) is 1.54. The van der Waals surface area contributed by atoms with Crippen LogP contribution < -0.4 is 41.9 Å². The second-order valence-corrected chi connectivity index (χ2v) is 1.70. The van der Waals surface area contributed by atoms with Crippen LogP contribution in [0.15, 0.2) is 0 Å². The van der Waals surface area contributed by atoms with Gasteiger partial charge in [0.2, 0.25) is 0 Å². The van der Waals surface area contributed by atoms with Crippen molar-refractivity contribution >= 4 is 0 Å². The molecular formula is Cl3O9Y. The van der Waals surface area contributed by atoms with Crippen molar-refractivity contribution in [1.82, 2.24) is 0 Å². The maximum atomic E-state index is 8.41. The van der Waals surface area contributed by atoms with Crippen LogP contribution in [0.1, 0.15) is 0 Å². The van der Waals surface area contributed by atoms with Gasteiger partial charge in [-0.2, -0.15) is 0 Å². The summed E-state index contributed by atoms with van der Waals surface area (Å²) in [5.74, 6) is 0. The van der Waals surface area contributed by atoms with Crippen molar-refractivity contribution in [3.05, 3.63) is 0 Å². The minimum Gasteiger partial charge on any atom is -0.357 e. The molecule has 0 N–H and O–H groups in total. The van der Waals surface area contributed by atoms with Gasteiger partial charge in [-0.25, -0.2) is 0 Å². The molecule has 0 unspecified atom stereocenters. The van der Waals surface area contributed by atoms with Gasteiger partial charge in [-0.05, 0) is 0 Å². The zero-order chi connectivity index (χ0) is 10.7. The van der Waals surface area contributed by atoms with Crippen molar-refractivity contribution in [3.8, 4) is 0 Å². The predicted molar refractivity (Wildman–Crippen MR) is 0 cm³/mol. The Balaban J connectivity index is -0.0000000450. The van der Waals surface area contributed by atoms with E-state index in [0.717, 1.165) is 0 Å². The van der Waals surface area contributed by atoms with Gasteiger partial charge in [-0.3, -0.25) is 0 Å². The molecule has 0 atom stereocenters. The van der Waals surface area contributed by atoms with Crippen LogP contribution in [0.2, 0.25) is 0 Å². The third kappa shape index (κ3) is 705. The molecule has 0 heterocycles. The first-order valence-electron chi connectivity index (χ1n) is 1.39. The molecule has 0 spiro atoms. The molecule has 0 aromatic carbocycles. The fourth-order valence-corrected chi connectivity index (χ4v) is 0. The summed E-state index contributed by atoms with van der Waals surface area (Å²) in [5, 5.41) is 0. The topological polar surface area (TPSA) is 208 Å². The number of rotatable bonds is 0. The van der Waals surface area contributed by atoms with Gasteiger partial charge >= 0.3 is 32.7 Å². The molecule has 13 heteroatoms. The molecule has 0 aromatic heterocycles. The third-order valence-corrected chi connectivity index (χ3v) is 0. The molecule has 0 aromatic rings. The van der Waals surface area contributed by atoms with Crippen molar-refractivity contribution < 1.29 is 107 Å². The van der Waals surface area contributed by atoms with Gasteiger partial charge in [0.15, 0.2) is 0 Å². The SMILES string of the molecule is [O-][Cl+2]([O-])[O-].[O-][Cl+2]([O-])[O-].[O-][Cl+2]([O-])[O-].[Y+3]. The monoisotopic (exact) mass is 338 g/mol. The normalized spacial score (nSPS) is 8.31. The van der Waals surface area contributed by atoms with E-state index in [1.54, 1.807) is 0 Å². The summed E-state index contributed by atoms with van der Waals surface area (Å²) < 4.78 is 75.7. The van der Waals surface area contributed by atoms with Crippen LogP contribution in [-0.2, 0) is 32.7 Å². The van der Waals surface area contributed by atoms with E-state index in [-0.39, 0.29) is 32.7 Å².